The molecule has 0 aliphatic rings. The molecule has 0 aromatic carbocycles. The summed E-state index contributed by atoms with van der Waals surface area (Å²) in [4.78, 5) is 10.4. The van der Waals surface area contributed by atoms with Crippen molar-refractivity contribution in [1.29, 1.82) is 0 Å². The zero-order valence-corrected chi connectivity index (χ0v) is 21.9. The Kier molecular flexibility index (Phi) is 27.5. The van der Waals surface area contributed by atoms with E-state index in [0.29, 0.717) is 0 Å². The lowest BCUT2D eigenvalue weighted by Crippen LogP contribution is -1.86. The summed E-state index contributed by atoms with van der Waals surface area (Å²) < 4.78 is 0. The molecule has 32 heavy (non-hydrogen) atoms. The molecule has 0 amide bonds. The number of hydrogen-bond donors (Lipinski definition) is 1. The summed E-state index contributed by atoms with van der Waals surface area (Å²) in [6.45, 7) is 2.30. The fraction of sp³-hybridized carbons (Fsp3) is 0.900. The zero-order chi connectivity index (χ0) is 23.4. The molecule has 0 spiro atoms. The van der Waals surface area contributed by atoms with E-state index in [-0.39, 0.29) is 0 Å². The van der Waals surface area contributed by atoms with E-state index in [1.807, 2.05) is 0 Å². The fourth-order valence-corrected chi connectivity index (χ4v) is 4.59. The van der Waals surface area contributed by atoms with E-state index < -0.39 is 5.97 Å². The molecule has 0 rings (SSSR count). The number of carbonyl (C=O) groups is 1. The lowest BCUT2D eigenvalue weighted by molar-refractivity contribution is -0.131. The summed E-state index contributed by atoms with van der Waals surface area (Å²) in [5, 5.41) is 8.52. The minimum absolute atomic E-state index is 0.829. The Morgan fingerprint density at radius 1 is 0.469 bits per heavy atom. The Bertz CT molecular complexity index is 388. The van der Waals surface area contributed by atoms with Crippen LogP contribution in [0, 0.1) is 0 Å². The van der Waals surface area contributed by atoms with Gasteiger partial charge in [-0.3, -0.25) is 0 Å². The monoisotopic (exact) mass is 450 g/mol. The molecule has 0 fully saturated rings. The molecule has 0 aromatic rings. The van der Waals surface area contributed by atoms with Crippen LogP contribution in [0.3, 0.4) is 0 Å². The van der Waals surface area contributed by atoms with E-state index in [9.17, 15) is 4.79 Å². The zero-order valence-electron chi connectivity index (χ0n) is 21.9. The minimum Gasteiger partial charge on any atom is -0.478 e. The molecule has 0 saturated carbocycles. The molecule has 0 atom stereocenters. The second kappa shape index (κ2) is 28.2. The predicted molar refractivity (Wildman–Crippen MR) is 142 cm³/mol. The van der Waals surface area contributed by atoms with Crippen molar-refractivity contribution >= 4 is 5.97 Å². The average Bonchev–Trinajstić information content (AvgIpc) is 2.78. The van der Waals surface area contributed by atoms with E-state index in [1.165, 1.54) is 160 Å². The molecule has 0 aromatic heterocycles. The molecular weight excluding hydrogens is 392 g/mol. The van der Waals surface area contributed by atoms with Gasteiger partial charge in [0.1, 0.15) is 0 Å². The number of allylic oxidation sites excluding steroid dienone is 1. The summed E-state index contributed by atoms with van der Waals surface area (Å²) in [7, 11) is 0. The van der Waals surface area contributed by atoms with E-state index >= 15 is 0 Å². The van der Waals surface area contributed by atoms with E-state index in [2.05, 4.69) is 6.92 Å². The maximum absolute atomic E-state index is 10.4. The van der Waals surface area contributed by atoms with Crippen molar-refractivity contribution in [2.45, 2.75) is 174 Å². The minimum atomic E-state index is -0.829. The largest absolute Gasteiger partial charge is 0.478 e. The van der Waals surface area contributed by atoms with Crippen molar-refractivity contribution < 1.29 is 9.90 Å². The van der Waals surface area contributed by atoms with Gasteiger partial charge in [0.15, 0.2) is 0 Å². The van der Waals surface area contributed by atoms with Crippen LogP contribution in [0.5, 0.6) is 0 Å². The van der Waals surface area contributed by atoms with Crippen LogP contribution in [-0.2, 0) is 4.79 Å². The Morgan fingerprint density at radius 3 is 0.969 bits per heavy atom. The highest BCUT2D eigenvalue weighted by molar-refractivity contribution is 5.79. The smallest absolute Gasteiger partial charge is 0.327 e. The van der Waals surface area contributed by atoms with Crippen molar-refractivity contribution in [3.63, 3.8) is 0 Å². The lowest BCUT2D eigenvalue weighted by atomic mass is 10.0. The molecule has 0 aliphatic carbocycles. The van der Waals surface area contributed by atoms with Gasteiger partial charge in [0.25, 0.3) is 0 Å². The Labute approximate surface area is 202 Å². The van der Waals surface area contributed by atoms with Crippen LogP contribution >= 0.6 is 0 Å². The normalized spacial score (nSPS) is 11.5. The molecule has 2 nitrogen and oxygen atoms in total. The Balaban J connectivity index is 3.03. The van der Waals surface area contributed by atoms with Crippen LogP contribution in [0.25, 0.3) is 0 Å². The summed E-state index contributed by atoms with van der Waals surface area (Å²) in [5.41, 5.74) is 0. The van der Waals surface area contributed by atoms with Crippen molar-refractivity contribution in [3.05, 3.63) is 12.2 Å². The lowest BCUT2D eigenvalue weighted by Gasteiger charge is -2.04. The number of carboxylic acid groups (broad SMARTS) is 1. The van der Waals surface area contributed by atoms with E-state index in [4.69, 9.17) is 5.11 Å². The van der Waals surface area contributed by atoms with Crippen LogP contribution in [0.15, 0.2) is 12.2 Å². The third kappa shape index (κ3) is 29.2. The highest BCUT2D eigenvalue weighted by atomic mass is 16.4. The Hall–Kier alpha value is -0.790. The highest BCUT2D eigenvalue weighted by Gasteiger charge is 1.96. The van der Waals surface area contributed by atoms with Crippen molar-refractivity contribution in [3.8, 4) is 0 Å². The van der Waals surface area contributed by atoms with Gasteiger partial charge in [-0.15, -0.1) is 0 Å². The van der Waals surface area contributed by atoms with Gasteiger partial charge in [-0.1, -0.05) is 167 Å². The van der Waals surface area contributed by atoms with Gasteiger partial charge in [-0.25, -0.2) is 4.79 Å². The second-order valence-corrected chi connectivity index (χ2v) is 10.0. The topological polar surface area (TPSA) is 37.3 Å². The number of rotatable bonds is 27. The first-order chi connectivity index (χ1) is 15.8. The van der Waals surface area contributed by atoms with Crippen LogP contribution in [-0.4, -0.2) is 11.1 Å². The standard InChI is InChI=1S/C30H58O2/c1-2-3-4-5-6-7-8-9-10-11-12-13-14-15-16-17-18-19-20-21-22-23-24-25-26-27-28-29-30(31)32/h28-29H,2-27H2,1H3,(H,31,32)/b29-28+. The predicted octanol–water partition coefficient (Wildman–Crippen LogP) is 10.8. The summed E-state index contributed by atoms with van der Waals surface area (Å²) >= 11 is 0. The third-order valence-electron chi connectivity index (χ3n) is 6.73. The molecule has 2 heteroatoms. The van der Waals surface area contributed by atoms with Crippen LogP contribution in [0.2, 0.25) is 0 Å². The third-order valence-corrected chi connectivity index (χ3v) is 6.73. The molecule has 0 bridgehead atoms. The second-order valence-electron chi connectivity index (χ2n) is 10.0. The average molecular weight is 451 g/mol. The van der Waals surface area contributed by atoms with Gasteiger partial charge in [0.2, 0.25) is 0 Å². The van der Waals surface area contributed by atoms with Gasteiger partial charge < -0.3 is 5.11 Å². The molecule has 0 unspecified atom stereocenters. The van der Waals surface area contributed by atoms with Crippen LogP contribution in [0.4, 0.5) is 0 Å². The first-order valence-corrected chi connectivity index (χ1v) is 14.7. The van der Waals surface area contributed by atoms with Gasteiger partial charge >= 0.3 is 5.97 Å². The van der Waals surface area contributed by atoms with Gasteiger partial charge in [0.05, 0.1) is 0 Å². The van der Waals surface area contributed by atoms with Crippen molar-refractivity contribution in [2.75, 3.05) is 0 Å². The quantitative estimate of drug-likeness (QED) is 0.0997. The van der Waals surface area contributed by atoms with Gasteiger partial charge in [0, 0.05) is 6.08 Å². The molecule has 190 valence electrons. The summed E-state index contributed by atoms with van der Waals surface area (Å²) in [6.07, 6.45) is 39.3. The fourth-order valence-electron chi connectivity index (χ4n) is 4.59. The maximum Gasteiger partial charge on any atom is 0.327 e. The van der Waals surface area contributed by atoms with Gasteiger partial charge in [-0.2, -0.15) is 0 Å². The van der Waals surface area contributed by atoms with Gasteiger partial charge in [-0.05, 0) is 12.8 Å². The van der Waals surface area contributed by atoms with Crippen molar-refractivity contribution in [1.82, 2.24) is 0 Å². The molecule has 0 radical (unpaired) electrons. The number of aliphatic carboxylic acids is 1. The van der Waals surface area contributed by atoms with Crippen LogP contribution in [0.1, 0.15) is 174 Å². The molecule has 0 saturated heterocycles. The molecule has 0 heterocycles. The van der Waals surface area contributed by atoms with E-state index in [1.54, 1.807) is 6.08 Å². The maximum atomic E-state index is 10.4. The van der Waals surface area contributed by atoms with Crippen LogP contribution < -0.4 is 0 Å². The number of unbranched alkanes of at least 4 members (excludes halogenated alkanes) is 25. The molecular formula is C30H58O2. The number of carboxylic acids is 1. The summed E-state index contributed by atoms with van der Waals surface area (Å²) in [5.74, 6) is -0.829. The molecule has 1 N–H and O–H groups in total. The summed E-state index contributed by atoms with van der Waals surface area (Å²) in [6, 6.07) is 0. The SMILES string of the molecule is CCCCCCCCCCCCCCCCCCCCCCCCCCC/C=C/C(=O)O. The first-order valence-electron chi connectivity index (χ1n) is 14.7. The van der Waals surface area contributed by atoms with Crippen molar-refractivity contribution in [2.24, 2.45) is 0 Å². The first kappa shape index (κ1) is 31.2. The highest BCUT2D eigenvalue weighted by Crippen LogP contribution is 2.15. The molecule has 0 aliphatic heterocycles. The van der Waals surface area contributed by atoms with E-state index in [0.717, 1.165) is 12.8 Å². The number of hydrogen-bond acceptors (Lipinski definition) is 1. The Morgan fingerprint density at radius 2 is 0.719 bits per heavy atom.